The fourth-order valence-corrected chi connectivity index (χ4v) is 6.87. The summed E-state index contributed by atoms with van der Waals surface area (Å²) in [6, 6.07) is 11.3. The van der Waals surface area contributed by atoms with Gasteiger partial charge in [-0.3, -0.25) is 14.4 Å². The molecule has 9 nitrogen and oxygen atoms in total. The zero-order valence-electron chi connectivity index (χ0n) is 21.1. The molecular weight excluding hydrogens is 528 g/mol. The van der Waals surface area contributed by atoms with Gasteiger partial charge in [0, 0.05) is 29.7 Å². The number of amides is 3. The van der Waals surface area contributed by atoms with Crippen LogP contribution in [-0.2, 0) is 26.2 Å². The Morgan fingerprint density at radius 1 is 0.974 bits per heavy atom. The number of halogens is 1. The fourth-order valence-electron chi connectivity index (χ4n) is 5.14. The van der Waals surface area contributed by atoms with Gasteiger partial charge in [0.1, 0.15) is 6.04 Å². The standard InChI is InChI=1S/C27H33ClN4O5S/c28-20-12-14-21(15-13-20)38(36,37)32(24-7-3-4-16-30-27(24)35)17-18-8-10-19(11-9-18)26(34)31-23-6-2-1-5-22(23)25(29)33/h8-15,22-24H,1-7,16-17H2,(H2,29,33)(H,30,35)(H,31,34)/t22-,23+,24+/m0/s1. The molecule has 3 atom stereocenters. The zero-order valence-corrected chi connectivity index (χ0v) is 22.6. The molecule has 0 aromatic heterocycles. The molecule has 2 fully saturated rings. The Kier molecular flexibility index (Phi) is 9.07. The van der Waals surface area contributed by atoms with Crippen LogP contribution in [0, 0.1) is 5.92 Å². The van der Waals surface area contributed by atoms with Crippen LogP contribution in [0.1, 0.15) is 60.9 Å². The molecule has 2 aromatic carbocycles. The Morgan fingerprint density at radius 3 is 2.32 bits per heavy atom. The van der Waals surface area contributed by atoms with Crippen LogP contribution in [0.5, 0.6) is 0 Å². The van der Waals surface area contributed by atoms with E-state index in [1.54, 1.807) is 24.3 Å². The highest BCUT2D eigenvalue weighted by Crippen LogP contribution is 2.27. The summed E-state index contributed by atoms with van der Waals surface area (Å²) in [5.41, 5.74) is 6.54. The number of benzene rings is 2. The van der Waals surface area contributed by atoms with Gasteiger partial charge in [-0.05, 0) is 74.1 Å². The molecule has 3 amide bonds. The van der Waals surface area contributed by atoms with Crippen molar-refractivity contribution in [1.29, 1.82) is 0 Å². The molecular formula is C27H33ClN4O5S. The van der Waals surface area contributed by atoms with Crippen molar-refractivity contribution in [2.24, 2.45) is 11.7 Å². The van der Waals surface area contributed by atoms with Gasteiger partial charge in [0.05, 0.1) is 10.8 Å². The fraction of sp³-hybridized carbons (Fsp3) is 0.444. The normalized spacial score (nSPS) is 22.4. The number of hydrogen-bond acceptors (Lipinski definition) is 5. The minimum absolute atomic E-state index is 0.0443. The number of carbonyl (C=O) groups excluding carboxylic acids is 3. The van der Waals surface area contributed by atoms with Gasteiger partial charge in [-0.15, -0.1) is 0 Å². The molecule has 1 heterocycles. The van der Waals surface area contributed by atoms with Crippen LogP contribution in [0.4, 0.5) is 0 Å². The van der Waals surface area contributed by atoms with Gasteiger partial charge < -0.3 is 16.4 Å². The van der Waals surface area contributed by atoms with E-state index in [-0.39, 0.29) is 35.2 Å². The number of nitrogens with zero attached hydrogens (tertiary/aromatic N) is 1. The van der Waals surface area contributed by atoms with E-state index < -0.39 is 22.0 Å². The summed E-state index contributed by atoms with van der Waals surface area (Å²) in [4.78, 5) is 37.6. The number of sulfonamides is 1. The average molecular weight is 561 g/mol. The molecule has 1 saturated carbocycles. The Labute approximate surface area is 228 Å². The van der Waals surface area contributed by atoms with Crippen molar-refractivity contribution >= 4 is 39.3 Å². The predicted molar refractivity (Wildman–Crippen MR) is 144 cm³/mol. The number of nitrogens with one attached hydrogen (secondary N) is 2. The van der Waals surface area contributed by atoms with E-state index in [1.807, 2.05) is 0 Å². The van der Waals surface area contributed by atoms with Gasteiger partial charge in [0.15, 0.2) is 0 Å². The number of carbonyl (C=O) groups is 3. The third-order valence-corrected chi connectivity index (χ3v) is 9.40. The third-order valence-electron chi connectivity index (χ3n) is 7.28. The second kappa shape index (κ2) is 12.3. The van der Waals surface area contributed by atoms with Gasteiger partial charge >= 0.3 is 0 Å². The van der Waals surface area contributed by atoms with Crippen molar-refractivity contribution in [3.8, 4) is 0 Å². The molecule has 0 spiro atoms. The molecule has 0 unspecified atom stereocenters. The number of nitrogens with two attached hydrogens (primary N) is 1. The summed E-state index contributed by atoms with van der Waals surface area (Å²) < 4.78 is 28.6. The maximum Gasteiger partial charge on any atom is 0.251 e. The predicted octanol–water partition coefficient (Wildman–Crippen LogP) is 2.97. The van der Waals surface area contributed by atoms with Crippen molar-refractivity contribution in [1.82, 2.24) is 14.9 Å². The van der Waals surface area contributed by atoms with Crippen LogP contribution in [0.25, 0.3) is 0 Å². The van der Waals surface area contributed by atoms with Crippen LogP contribution >= 0.6 is 11.6 Å². The van der Waals surface area contributed by atoms with Gasteiger partial charge in [-0.25, -0.2) is 8.42 Å². The molecule has 1 aliphatic carbocycles. The van der Waals surface area contributed by atoms with E-state index in [4.69, 9.17) is 17.3 Å². The first-order valence-electron chi connectivity index (χ1n) is 12.9. The van der Waals surface area contributed by atoms with Crippen LogP contribution in [-0.4, -0.2) is 49.1 Å². The summed E-state index contributed by atoms with van der Waals surface area (Å²) >= 11 is 5.96. The Bertz CT molecular complexity index is 1270. The zero-order chi connectivity index (χ0) is 27.3. The van der Waals surface area contributed by atoms with Gasteiger partial charge in [-0.2, -0.15) is 4.31 Å². The van der Waals surface area contributed by atoms with Crippen LogP contribution in [0.2, 0.25) is 5.02 Å². The lowest BCUT2D eigenvalue weighted by Gasteiger charge is -2.30. The minimum Gasteiger partial charge on any atom is -0.369 e. The Morgan fingerprint density at radius 2 is 1.63 bits per heavy atom. The first kappa shape index (κ1) is 28.1. The van der Waals surface area contributed by atoms with Crippen molar-refractivity contribution in [3.63, 3.8) is 0 Å². The number of primary amides is 1. The highest BCUT2D eigenvalue weighted by molar-refractivity contribution is 7.89. The summed E-state index contributed by atoms with van der Waals surface area (Å²) in [6.45, 7) is 0.461. The Balaban J connectivity index is 1.55. The van der Waals surface area contributed by atoms with Crippen LogP contribution < -0.4 is 16.4 Å². The maximum atomic E-state index is 13.7. The first-order valence-corrected chi connectivity index (χ1v) is 14.7. The number of hydrogen-bond donors (Lipinski definition) is 3. The Hall–Kier alpha value is -2.95. The number of rotatable bonds is 8. The lowest BCUT2D eigenvalue weighted by molar-refractivity contribution is -0.125. The van der Waals surface area contributed by atoms with Gasteiger partial charge in [0.25, 0.3) is 5.91 Å². The van der Waals surface area contributed by atoms with E-state index in [2.05, 4.69) is 10.6 Å². The molecule has 38 heavy (non-hydrogen) atoms. The molecule has 1 aliphatic heterocycles. The van der Waals surface area contributed by atoms with Gasteiger partial charge in [-0.1, -0.05) is 36.6 Å². The largest absolute Gasteiger partial charge is 0.369 e. The molecule has 204 valence electrons. The van der Waals surface area contributed by atoms with Crippen LogP contribution in [0.15, 0.2) is 53.4 Å². The topological polar surface area (TPSA) is 139 Å². The van der Waals surface area contributed by atoms with E-state index in [0.29, 0.717) is 48.4 Å². The molecule has 2 aromatic rings. The highest BCUT2D eigenvalue weighted by atomic mass is 35.5. The SMILES string of the molecule is NC(=O)[C@H]1CCCC[C@H]1NC(=O)c1ccc(CN([C@@H]2CCCCNC2=O)S(=O)(=O)c2ccc(Cl)cc2)cc1. The summed E-state index contributed by atoms with van der Waals surface area (Å²) in [6.07, 6.45) is 5.07. The second-order valence-corrected chi connectivity index (χ2v) is 12.2. The second-order valence-electron chi connectivity index (χ2n) is 9.88. The molecule has 0 radical (unpaired) electrons. The molecule has 2 aliphatic rings. The smallest absolute Gasteiger partial charge is 0.251 e. The summed E-state index contributed by atoms with van der Waals surface area (Å²) in [5, 5.41) is 6.16. The lowest BCUT2D eigenvalue weighted by Crippen LogP contribution is -2.48. The van der Waals surface area contributed by atoms with Crippen molar-refractivity contribution < 1.29 is 22.8 Å². The van der Waals surface area contributed by atoms with E-state index >= 15 is 0 Å². The monoisotopic (exact) mass is 560 g/mol. The van der Waals surface area contributed by atoms with E-state index in [0.717, 1.165) is 19.3 Å². The van der Waals surface area contributed by atoms with Crippen LogP contribution in [0.3, 0.4) is 0 Å². The molecule has 1 saturated heterocycles. The molecule has 4 N–H and O–H groups in total. The third kappa shape index (κ3) is 6.54. The molecule has 0 bridgehead atoms. The molecule has 4 rings (SSSR count). The summed E-state index contributed by atoms with van der Waals surface area (Å²) in [5.74, 6) is -1.43. The van der Waals surface area contributed by atoms with Crippen molar-refractivity contribution in [2.45, 2.75) is 68.5 Å². The summed E-state index contributed by atoms with van der Waals surface area (Å²) in [7, 11) is -4.03. The first-order chi connectivity index (χ1) is 18.2. The minimum atomic E-state index is -4.03. The highest BCUT2D eigenvalue weighted by Gasteiger charge is 2.36. The average Bonchev–Trinajstić information content (AvgIpc) is 3.12. The quantitative estimate of drug-likeness (QED) is 0.455. The van der Waals surface area contributed by atoms with E-state index in [9.17, 15) is 22.8 Å². The molecule has 11 heteroatoms. The lowest BCUT2D eigenvalue weighted by atomic mass is 9.84. The van der Waals surface area contributed by atoms with Gasteiger partial charge in [0.2, 0.25) is 21.8 Å². The van der Waals surface area contributed by atoms with Crippen molar-refractivity contribution in [2.75, 3.05) is 6.54 Å². The van der Waals surface area contributed by atoms with E-state index in [1.165, 1.54) is 28.6 Å². The van der Waals surface area contributed by atoms with Crippen molar-refractivity contribution in [3.05, 3.63) is 64.7 Å². The maximum absolute atomic E-state index is 13.7.